The number of hydrogen-bond acceptors (Lipinski definition) is 4. The van der Waals surface area contributed by atoms with Crippen molar-refractivity contribution in [3.63, 3.8) is 0 Å². The zero-order chi connectivity index (χ0) is 18.2. The first-order chi connectivity index (χ1) is 12.0. The molecule has 0 aromatic heterocycles. The van der Waals surface area contributed by atoms with E-state index in [0.29, 0.717) is 12.5 Å². The van der Waals surface area contributed by atoms with Crippen molar-refractivity contribution in [2.75, 3.05) is 19.4 Å². The molecular formula is C20H27ClN2O2S. The summed E-state index contributed by atoms with van der Waals surface area (Å²) in [4.78, 5) is 13.4. The molecule has 0 aliphatic heterocycles. The Bertz CT molecular complexity index is 694. The number of benzene rings is 2. The van der Waals surface area contributed by atoms with Crippen LogP contribution in [0.5, 0.6) is 5.75 Å². The molecule has 4 nitrogen and oxygen atoms in total. The maximum absolute atomic E-state index is 12.2. The van der Waals surface area contributed by atoms with Crippen LogP contribution in [0.4, 0.5) is 0 Å². The van der Waals surface area contributed by atoms with Crippen LogP contribution in [0.25, 0.3) is 0 Å². The molecule has 0 saturated heterocycles. The van der Waals surface area contributed by atoms with Gasteiger partial charge in [-0.3, -0.25) is 4.79 Å². The van der Waals surface area contributed by atoms with Crippen molar-refractivity contribution in [1.29, 1.82) is 0 Å². The average molecular weight is 395 g/mol. The van der Waals surface area contributed by atoms with E-state index in [4.69, 9.17) is 10.5 Å². The van der Waals surface area contributed by atoms with Crippen LogP contribution in [-0.4, -0.2) is 25.3 Å². The van der Waals surface area contributed by atoms with Crippen LogP contribution in [0, 0.1) is 12.8 Å². The highest BCUT2D eigenvalue weighted by molar-refractivity contribution is 7.99. The van der Waals surface area contributed by atoms with E-state index in [1.54, 1.807) is 18.9 Å². The lowest BCUT2D eigenvalue weighted by Gasteiger charge is -2.16. The normalized spacial score (nSPS) is 12.6. The number of amides is 1. The Morgan fingerprint density at radius 2 is 1.85 bits per heavy atom. The van der Waals surface area contributed by atoms with E-state index in [1.165, 1.54) is 0 Å². The second-order valence-electron chi connectivity index (χ2n) is 6.20. The molecule has 0 heterocycles. The van der Waals surface area contributed by atoms with Crippen molar-refractivity contribution in [2.45, 2.75) is 24.8 Å². The number of carbonyl (C=O) groups is 1. The first-order valence-corrected chi connectivity index (χ1v) is 9.35. The van der Waals surface area contributed by atoms with E-state index >= 15 is 0 Å². The zero-order valence-electron chi connectivity index (χ0n) is 15.4. The summed E-state index contributed by atoms with van der Waals surface area (Å²) in [6, 6.07) is 15.1. The van der Waals surface area contributed by atoms with Gasteiger partial charge in [-0.25, -0.2) is 0 Å². The molecular weight excluding hydrogens is 368 g/mol. The lowest BCUT2D eigenvalue weighted by atomic mass is 10.1. The Balaban J connectivity index is 0.00000338. The Morgan fingerprint density at radius 3 is 2.50 bits per heavy atom. The first-order valence-electron chi connectivity index (χ1n) is 8.37. The summed E-state index contributed by atoms with van der Waals surface area (Å²) in [6.45, 7) is 4.72. The minimum Gasteiger partial charge on any atom is -0.496 e. The Kier molecular flexibility index (Phi) is 9.55. The highest BCUT2D eigenvalue weighted by atomic mass is 35.5. The number of para-hydroxylation sites is 1. The molecule has 2 unspecified atom stereocenters. The van der Waals surface area contributed by atoms with Gasteiger partial charge in [0.1, 0.15) is 11.8 Å². The van der Waals surface area contributed by atoms with Crippen LogP contribution in [-0.2, 0) is 4.79 Å². The van der Waals surface area contributed by atoms with E-state index < -0.39 is 6.04 Å². The summed E-state index contributed by atoms with van der Waals surface area (Å²) in [6.07, 6.45) is 0. The number of nitrogens with one attached hydrogen (secondary N) is 1. The molecule has 2 atom stereocenters. The molecule has 2 rings (SSSR count). The summed E-state index contributed by atoms with van der Waals surface area (Å²) < 4.78 is 5.36. The molecule has 3 N–H and O–H groups in total. The highest BCUT2D eigenvalue weighted by Gasteiger charge is 2.16. The van der Waals surface area contributed by atoms with Crippen molar-refractivity contribution in [3.8, 4) is 5.75 Å². The molecule has 0 spiro atoms. The fraction of sp³-hybridized carbons (Fsp3) is 0.350. The average Bonchev–Trinajstić information content (AvgIpc) is 2.64. The maximum Gasteiger partial charge on any atom is 0.241 e. The van der Waals surface area contributed by atoms with Gasteiger partial charge in [-0.05, 0) is 30.5 Å². The van der Waals surface area contributed by atoms with Gasteiger partial charge in [0.2, 0.25) is 5.91 Å². The number of aryl methyl sites for hydroxylation is 1. The third kappa shape index (κ3) is 6.56. The van der Waals surface area contributed by atoms with E-state index in [9.17, 15) is 4.79 Å². The highest BCUT2D eigenvalue weighted by Crippen LogP contribution is 2.29. The minimum absolute atomic E-state index is 0. The Labute approximate surface area is 166 Å². The summed E-state index contributed by atoms with van der Waals surface area (Å²) in [5.74, 6) is 1.95. The zero-order valence-corrected chi connectivity index (χ0v) is 17.0. The molecule has 142 valence electrons. The summed E-state index contributed by atoms with van der Waals surface area (Å²) in [5, 5.41) is 2.95. The van der Waals surface area contributed by atoms with E-state index in [0.717, 1.165) is 27.5 Å². The monoisotopic (exact) mass is 394 g/mol. The number of hydrogen-bond donors (Lipinski definition) is 2. The van der Waals surface area contributed by atoms with Crippen LogP contribution >= 0.6 is 24.2 Å². The third-order valence-corrected chi connectivity index (χ3v) is 5.32. The molecule has 0 bridgehead atoms. The Hall–Kier alpha value is -1.69. The quantitative estimate of drug-likeness (QED) is 0.665. The van der Waals surface area contributed by atoms with Gasteiger partial charge in [-0.1, -0.05) is 48.9 Å². The Morgan fingerprint density at radius 1 is 1.19 bits per heavy atom. The number of thioether (sulfide) groups is 1. The van der Waals surface area contributed by atoms with Crippen molar-refractivity contribution < 1.29 is 9.53 Å². The second-order valence-corrected chi connectivity index (χ2v) is 7.26. The standard InChI is InChI=1S/C20H26N2O2S.ClH/c1-14-8-10-16(11-9-14)19(21)20(23)22-12-15(2)13-25-18-7-5-4-6-17(18)24-3;/h4-11,15,19H,12-13,21H2,1-3H3,(H,22,23);1H. The van der Waals surface area contributed by atoms with Crippen molar-refractivity contribution in [2.24, 2.45) is 11.7 Å². The fourth-order valence-electron chi connectivity index (χ4n) is 2.34. The smallest absolute Gasteiger partial charge is 0.241 e. The molecule has 0 radical (unpaired) electrons. The first kappa shape index (κ1) is 22.4. The summed E-state index contributed by atoms with van der Waals surface area (Å²) in [5.41, 5.74) is 8.03. The number of halogens is 1. The summed E-state index contributed by atoms with van der Waals surface area (Å²) >= 11 is 1.73. The molecule has 1 amide bonds. The van der Waals surface area contributed by atoms with Crippen LogP contribution in [0.2, 0.25) is 0 Å². The molecule has 6 heteroatoms. The number of nitrogens with two attached hydrogens (primary N) is 1. The van der Waals surface area contributed by atoms with E-state index in [2.05, 4.69) is 12.2 Å². The van der Waals surface area contributed by atoms with Crippen LogP contribution in [0.3, 0.4) is 0 Å². The van der Waals surface area contributed by atoms with Gasteiger partial charge >= 0.3 is 0 Å². The predicted molar refractivity (Wildman–Crippen MR) is 111 cm³/mol. The number of ether oxygens (including phenoxy) is 1. The van der Waals surface area contributed by atoms with Crippen LogP contribution in [0.1, 0.15) is 24.1 Å². The van der Waals surface area contributed by atoms with E-state index in [-0.39, 0.29) is 18.3 Å². The predicted octanol–water partition coefficient (Wildman–Crippen LogP) is 3.97. The molecule has 2 aromatic carbocycles. The minimum atomic E-state index is -0.630. The number of carbonyl (C=O) groups excluding carboxylic acids is 1. The maximum atomic E-state index is 12.2. The topological polar surface area (TPSA) is 64.3 Å². The van der Waals surface area contributed by atoms with Gasteiger partial charge in [0, 0.05) is 17.2 Å². The summed E-state index contributed by atoms with van der Waals surface area (Å²) in [7, 11) is 1.68. The molecule has 0 saturated carbocycles. The fourth-order valence-corrected chi connectivity index (χ4v) is 3.39. The van der Waals surface area contributed by atoms with Crippen LogP contribution in [0.15, 0.2) is 53.4 Å². The van der Waals surface area contributed by atoms with Crippen molar-refractivity contribution in [3.05, 3.63) is 59.7 Å². The van der Waals surface area contributed by atoms with Crippen LogP contribution < -0.4 is 15.8 Å². The van der Waals surface area contributed by atoms with Gasteiger partial charge in [0.05, 0.1) is 7.11 Å². The molecule has 2 aromatic rings. The van der Waals surface area contributed by atoms with Crippen molar-refractivity contribution >= 4 is 30.1 Å². The van der Waals surface area contributed by atoms with Gasteiger partial charge in [-0.15, -0.1) is 24.2 Å². The molecule has 0 aliphatic carbocycles. The number of rotatable bonds is 8. The van der Waals surface area contributed by atoms with Crippen molar-refractivity contribution in [1.82, 2.24) is 5.32 Å². The van der Waals surface area contributed by atoms with Gasteiger partial charge < -0.3 is 15.8 Å². The lowest BCUT2D eigenvalue weighted by molar-refractivity contribution is -0.122. The van der Waals surface area contributed by atoms with Gasteiger partial charge in [0.25, 0.3) is 0 Å². The SMILES string of the molecule is COc1ccccc1SCC(C)CNC(=O)C(N)c1ccc(C)cc1.Cl. The van der Waals surface area contributed by atoms with E-state index in [1.807, 2.05) is 55.5 Å². The van der Waals surface area contributed by atoms with Gasteiger partial charge in [0.15, 0.2) is 0 Å². The lowest BCUT2D eigenvalue weighted by Crippen LogP contribution is -2.36. The number of methoxy groups -OCH3 is 1. The van der Waals surface area contributed by atoms with Gasteiger partial charge in [-0.2, -0.15) is 0 Å². The molecule has 0 aliphatic rings. The molecule has 0 fully saturated rings. The largest absolute Gasteiger partial charge is 0.496 e. The molecule has 26 heavy (non-hydrogen) atoms. The second kappa shape index (κ2) is 11.1. The third-order valence-electron chi connectivity index (χ3n) is 3.94.